The minimum atomic E-state index is -3.75. The van der Waals surface area contributed by atoms with Crippen molar-refractivity contribution in [2.45, 2.75) is 18.3 Å². The van der Waals surface area contributed by atoms with E-state index in [0.717, 1.165) is 29.0 Å². The third kappa shape index (κ3) is 5.46. The van der Waals surface area contributed by atoms with Crippen LogP contribution >= 0.6 is 23.2 Å². The van der Waals surface area contributed by atoms with Crippen LogP contribution in [0.1, 0.15) is 18.4 Å². The van der Waals surface area contributed by atoms with Gasteiger partial charge in [-0.3, -0.25) is 9.10 Å². The van der Waals surface area contributed by atoms with Crippen LogP contribution in [-0.2, 0) is 25.0 Å². The van der Waals surface area contributed by atoms with Crippen molar-refractivity contribution in [1.82, 2.24) is 5.32 Å². The van der Waals surface area contributed by atoms with E-state index >= 15 is 0 Å². The lowest BCUT2D eigenvalue weighted by Crippen LogP contribution is -2.47. The number of nitrogens with zero attached hydrogens (tertiary/aromatic N) is 1. The molecule has 1 fully saturated rings. The molecule has 0 saturated carbocycles. The Labute approximate surface area is 187 Å². The molecule has 1 aliphatic heterocycles. The zero-order chi connectivity index (χ0) is 21.8. The maximum atomic E-state index is 12.8. The van der Waals surface area contributed by atoms with E-state index in [-0.39, 0.29) is 22.7 Å². The topological polar surface area (TPSA) is 75.7 Å². The van der Waals surface area contributed by atoms with Gasteiger partial charge in [-0.2, -0.15) is 0 Å². The first kappa shape index (κ1) is 22.9. The molecular weight excluding hydrogens is 447 g/mol. The van der Waals surface area contributed by atoms with Gasteiger partial charge < -0.3 is 10.1 Å². The average molecular weight is 471 g/mol. The highest BCUT2D eigenvalue weighted by atomic mass is 35.5. The van der Waals surface area contributed by atoms with Crippen LogP contribution in [0.2, 0.25) is 10.0 Å². The molecule has 0 atom stereocenters. The van der Waals surface area contributed by atoms with Gasteiger partial charge in [0, 0.05) is 30.2 Å². The number of rotatable bonds is 7. The number of benzene rings is 2. The molecule has 162 valence electrons. The highest BCUT2D eigenvalue weighted by molar-refractivity contribution is 7.92. The number of carbonyl (C=O) groups excluding carboxylic acids is 1. The third-order valence-corrected chi connectivity index (χ3v) is 7.01. The predicted octanol–water partition coefficient (Wildman–Crippen LogP) is 3.62. The van der Waals surface area contributed by atoms with Gasteiger partial charge in [0.2, 0.25) is 15.9 Å². The largest absolute Gasteiger partial charge is 0.381 e. The predicted molar refractivity (Wildman–Crippen MR) is 120 cm³/mol. The highest BCUT2D eigenvalue weighted by Gasteiger charge is 2.35. The Bertz CT molecular complexity index is 993. The number of carbonyl (C=O) groups is 1. The van der Waals surface area contributed by atoms with Crippen molar-refractivity contribution in [2.75, 3.05) is 36.9 Å². The Morgan fingerprint density at radius 3 is 2.43 bits per heavy atom. The number of hydrogen-bond donors (Lipinski definition) is 1. The van der Waals surface area contributed by atoms with E-state index in [0.29, 0.717) is 24.8 Å². The zero-order valence-electron chi connectivity index (χ0n) is 16.6. The summed E-state index contributed by atoms with van der Waals surface area (Å²) in [6.45, 7) is 1.22. The second kappa shape index (κ2) is 9.56. The molecule has 30 heavy (non-hydrogen) atoms. The zero-order valence-corrected chi connectivity index (χ0v) is 18.9. The van der Waals surface area contributed by atoms with Crippen molar-refractivity contribution in [1.29, 1.82) is 0 Å². The number of hydrogen-bond acceptors (Lipinski definition) is 4. The molecular formula is C21H24Cl2N2O4S. The molecule has 1 heterocycles. The smallest absolute Gasteiger partial charge is 0.240 e. The molecule has 1 amide bonds. The fourth-order valence-electron chi connectivity index (χ4n) is 3.63. The number of amides is 1. The second-order valence-electron chi connectivity index (χ2n) is 7.40. The maximum Gasteiger partial charge on any atom is 0.240 e. The summed E-state index contributed by atoms with van der Waals surface area (Å²) >= 11 is 12.2. The Hall–Kier alpha value is -1.80. The molecule has 3 rings (SSSR count). The summed E-state index contributed by atoms with van der Waals surface area (Å²) in [7, 11) is -3.75. The lowest BCUT2D eigenvalue weighted by Gasteiger charge is -2.38. The molecule has 1 aliphatic rings. The Morgan fingerprint density at radius 2 is 1.80 bits per heavy atom. The normalized spacial score (nSPS) is 16.1. The molecule has 0 bridgehead atoms. The lowest BCUT2D eigenvalue weighted by molar-refractivity contribution is -0.120. The molecule has 9 heteroatoms. The van der Waals surface area contributed by atoms with Crippen LogP contribution < -0.4 is 9.62 Å². The van der Waals surface area contributed by atoms with Gasteiger partial charge in [0.1, 0.15) is 6.54 Å². The number of ether oxygens (including phenoxy) is 1. The Balaban J connectivity index is 1.77. The third-order valence-electron chi connectivity index (χ3n) is 5.32. The fourth-order valence-corrected chi connectivity index (χ4v) is 4.93. The summed E-state index contributed by atoms with van der Waals surface area (Å²) in [6.07, 6.45) is 2.57. The van der Waals surface area contributed by atoms with E-state index in [1.165, 1.54) is 12.1 Å². The van der Waals surface area contributed by atoms with Crippen LogP contribution in [0.15, 0.2) is 48.5 Å². The first-order valence-electron chi connectivity index (χ1n) is 9.54. The highest BCUT2D eigenvalue weighted by Crippen LogP contribution is 2.34. The molecule has 0 spiro atoms. The Morgan fingerprint density at radius 1 is 1.13 bits per heavy atom. The van der Waals surface area contributed by atoms with E-state index in [9.17, 15) is 13.2 Å². The summed E-state index contributed by atoms with van der Waals surface area (Å²) < 4.78 is 31.2. The van der Waals surface area contributed by atoms with Gasteiger partial charge in [-0.1, -0.05) is 53.5 Å². The van der Waals surface area contributed by atoms with E-state index < -0.39 is 15.9 Å². The van der Waals surface area contributed by atoms with Crippen molar-refractivity contribution in [3.8, 4) is 0 Å². The van der Waals surface area contributed by atoms with Crippen molar-refractivity contribution in [2.24, 2.45) is 0 Å². The number of anilines is 1. The van der Waals surface area contributed by atoms with Crippen LogP contribution in [0.25, 0.3) is 0 Å². The van der Waals surface area contributed by atoms with Crippen LogP contribution in [0.4, 0.5) is 5.69 Å². The molecule has 0 aromatic heterocycles. The average Bonchev–Trinajstić information content (AvgIpc) is 2.73. The van der Waals surface area contributed by atoms with E-state index in [2.05, 4.69) is 5.32 Å². The number of halogens is 2. The maximum absolute atomic E-state index is 12.8. The minimum Gasteiger partial charge on any atom is -0.381 e. The monoisotopic (exact) mass is 470 g/mol. The summed E-state index contributed by atoms with van der Waals surface area (Å²) in [6, 6.07) is 14.5. The van der Waals surface area contributed by atoms with Gasteiger partial charge in [-0.05, 0) is 36.6 Å². The Kier molecular flexibility index (Phi) is 7.29. The van der Waals surface area contributed by atoms with Gasteiger partial charge in [0.05, 0.1) is 17.0 Å². The molecule has 0 aliphatic carbocycles. The van der Waals surface area contributed by atoms with Crippen molar-refractivity contribution < 1.29 is 17.9 Å². The van der Waals surface area contributed by atoms with E-state index in [4.69, 9.17) is 27.9 Å². The summed E-state index contributed by atoms with van der Waals surface area (Å²) in [5, 5.41) is 3.45. The molecule has 0 radical (unpaired) electrons. The molecule has 1 saturated heterocycles. The van der Waals surface area contributed by atoms with E-state index in [1.807, 2.05) is 30.3 Å². The first-order chi connectivity index (χ1) is 14.2. The molecule has 6 nitrogen and oxygen atoms in total. The van der Waals surface area contributed by atoms with Gasteiger partial charge in [-0.15, -0.1) is 0 Å². The molecule has 2 aromatic carbocycles. The second-order valence-corrected chi connectivity index (χ2v) is 10.2. The standard InChI is InChI=1S/C21H24Cl2N2O4S/c1-30(27,28)25(19-13-17(22)7-8-18(19)23)14-20(26)24-15-21(9-11-29-12-10-21)16-5-3-2-4-6-16/h2-8,13H,9-12,14-15H2,1H3,(H,24,26). The molecule has 1 N–H and O–H groups in total. The summed E-state index contributed by atoms with van der Waals surface area (Å²) in [5.74, 6) is -0.418. The van der Waals surface area contributed by atoms with Crippen molar-refractivity contribution in [3.05, 3.63) is 64.1 Å². The van der Waals surface area contributed by atoms with Crippen LogP contribution in [-0.4, -0.2) is 46.9 Å². The van der Waals surface area contributed by atoms with Crippen molar-refractivity contribution >= 4 is 44.8 Å². The van der Waals surface area contributed by atoms with Crippen LogP contribution in [0, 0.1) is 0 Å². The minimum absolute atomic E-state index is 0.172. The quantitative estimate of drug-likeness (QED) is 0.670. The van der Waals surface area contributed by atoms with Crippen molar-refractivity contribution in [3.63, 3.8) is 0 Å². The van der Waals surface area contributed by atoms with Gasteiger partial charge >= 0.3 is 0 Å². The van der Waals surface area contributed by atoms with Gasteiger partial charge in [0.25, 0.3) is 0 Å². The molecule has 2 aromatic rings. The lowest BCUT2D eigenvalue weighted by atomic mass is 9.74. The number of sulfonamides is 1. The van der Waals surface area contributed by atoms with Gasteiger partial charge in [0.15, 0.2) is 0 Å². The van der Waals surface area contributed by atoms with E-state index in [1.54, 1.807) is 6.07 Å². The fraction of sp³-hybridized carbons (Fsp3) is 0.381. The summed E-state index contributed by atoms with van der Waals surface area (Å²) in [5.41, 5.74) is 1.05. The van der Waals surface area contributed by atoms with Crippen LogP contribution in [0.5, 0.6) is 0 Å². The SMILES string of the molecule is CS(=O)(=O)N(CC(=O)NCC1(c2ccccc2)CCOCC1)c1cc(Cl)ccc1Cl. The van der Waals surface area contributed by atoms with Crippen LogP contribution in [0.3, 0.4) is 0 Å². The molecule has 0 unspecified atom stereocenters. The first-order valence-corrected chi connectivity index (χ1v) is 12.1. The number of nitrogens with one attached hydrogen (secondary N) is 1. The summed E-state index contributed by atoms with van der Waals surface area (Å²) in [4.78, 5) is 12.8. The van der Waals surface area contributed by atoms with Gasteiger partial charge in [-0.25, -0.2) is 8.42 Å².